The Bertz CT molecular complexity index is 217. The van der Waals surface area contributed by atoms with E-state index in [2.05, 4.69) is 37.1 Å². The maximum Gasteiger partial charge on any atom is 0.108 e. The first-order valence-corrected chi connectivity index (χ1v) is 6.10. The van der Waals surface area contributed by atoms with Gasteiger partial charge in [0.05, 0.1) is 6.07 Å². The summed E-state index contributed by atoms with van der Waals surface area (Å²) < 4.78 is 0. The molecule has 0 spiro atoms. The second-order valence-electron chi connectivity index (χ2n) is 4.47. The van der Waals surface area contributed by atoms with Crippen LogP contribution in [0.15, 0.2) is 0 Å². The zero-order chi connectivity index (χ0) is 11.3. The van der Waals surface area contributed by atoms with Crippen LogP contribution in [0.1, 0.15) is 40.0 Å². The van der Waals surface area contributed by atoms with E-state index in [0.717, 1.165) is 19.5 Å². The van der Waals surface area contributed by atoms with Crippen LogP contribution in [0.25, 0.3) is 0 Å². The summed E-state index contributed by atoms with van der Waals surface area (Å²) in [5.74, 6) is 0. The standard InChI is InChI=1S/C12H23N3/c1-4-10(3)15(5-2)9-12(8-13)14-11-6-7-11/h10-12,14H,4-7,9H2,1-3H3. The van der Waals surface area contributed by atoms with Crippen LogP contribution in [0.5, 0.6) is 0 Å². The summed E-state index contributed by atoms with van der Waals surface area (Å²) in [5, 5.41) is 12.4. The van der Waals surface area contributed by atoms with Crippen LogP contribution < -0.4 is 5.32 Å². The Labute approximate surface area is 93.5 Å². The van der Waals surface area contributed by atoms with Gasteiger partial charge in [-0.1, -0.05) is 13.8 Å². The van der Waals surface area contributed by atoms with E-state index in [4.69, 9.17) is 5.26 Å². The number of hydrogen-bond acceptors (Lipinski definition) is 3. The van der Waals surface area contributed by atoms with Gasteiger partial charge in [-0.25, -0.2) is 0 Å². The fourth-order valence-electron chi connectivity index (χ4n) is 1.78. The Kier molecular flexibility index (Phi) is 5.07. The van der Waals surface area contributed by atoms with Gasteiger partial charge in [-0.05, 0) is 32.7 Å². The smallest absolute Gasteiger partial charge is 0.108 e. The third kappa shape index (κ3) is 4.19. The number of nitrogens with zero attached hydrogens (tertiary/aromatic N) is 2. The molecule has 1 saturated carbocycles. The highest BCUT2D eigenvalue weighted by Gasteiger charge is 2.25. The van der Waals surface area contributed by atoms with E-state index in [1.807, 2.05) is 0 Å². The molecule has 2 atom stereocenters. The largest absolute Gasteiger partial charge is 0.298 e. The zero-order valence-electron chi connectivity index (χ0n) is 10.2. The molecule has 0 bridgehead atoms. The number of nitriles is 1. The van der Waals surface area contributed by atoms with Crippen molar-refractivity contribution in [2.24, 2.45) is 0 Å². The van der Waals surface area contributed by atoms with E-state index in [1.165, 1.54) is 12.8 Å². The lowest BCUT2D eigenvalue weighted by molar-refractivity contribution is 0.202. The summed E-state index contributed by atoms with van der Waals surface area (Å²) in [7, 11) is 0. The third-order valence-corrected chi connectivity index (χ3v) is 3.21. The van der Waals surface area contributed by atoms with E-state index >= 15 is 0 Å². The van der Waals surface area contributed by atoms with E-state index in [1.54, 1.807) is 0 Å². The molecule has 1 aliphatic rings. The minimum atomic E-state index is 0.00597. The molecular formula is C12H23N3. The van der Waals surface area contributed by atoms with E-state index < -0.39 is 0 Å². The van der Waals surface area contributed by atoms with Gasteiger partial charge in [0.2, 0.25) is 0 Å². The molecule has 1 aliphatic carbocycles. The van der Waals surface area contributed by atoms with Crippen molar-refractivity contribution >= 4 is 0 Å². The quantitative estimate of drug-likeness (QED) is 0.694. The highest BCUT2D eigenvalue weighted by atomic mass is 15.2. The number of nitrogens with one attached hydrogen (secondary N) is 1. The van der Waals surface area contributed by atoms with Crippen LogP contribution in [0.4, 0.5) is 0 Å². The molecule has 0 saturated heterocycles. The maximum absolute atomic E-state index is 9.06. The molecule has 3 nitrogen and oxygen atoms in total. The Morgan fingerprint density at radius 1 is 1.47 bits per heavy atom. The van der Waals surface area contributed by atoms with Gasteiger partial charge >= 0.3 is 0 Å². The first-order chi connectivity index (χ1) is 7.21. The fourth-order valence-corrected chi connectivity index (χ4v) is 1.78. The Morgan fingerprint density at radius 3 is 2.53 bits per heavy atom. The van der Waals surface area contributed by atoms with Gasteiger partial charge in [0.25, 0.3) is 0 Å². The highest BCUT2D eigenvalue weighted by Crippen LogP contribution is 2.19. The van der Waals surface area contributed by atoms with Crippen molar-refractivity contribution in [2.75, 3.05) is 13.1 Å². The number of likely N-dealkylation sites (N-methyl/N-ethyl adjacent to an activating group) is 1. The molecule has 0 radical (unpaired) electrons. The summed E-state index contributed by atoms with van der Waals surface area (Å²) in [5.41, 5.74) is 0. The first-order valence-electron chi connectivity index (χ1n) is 6.10. The molecule has 15 heavy (non-hydrogen) atoms. The van der Waals surface area contributed by atoms with Gasteiger partial charge in [0.1, 0.15) is 6.04 Å². The minimum Gasteiger partial charge on any atom is -0.298 e. The monoisotopic (exact) mass is 209 g/mol. The van der Waals surface area contributed by atoms with Gasteiger partial charge in [0.15, 0.2) is 0 Å². The molecule has 1 rings (SSSR count). The maximum atomic E-state index is 9.06. The fraction of sp³-hybridized carbons (Fsp3) is 0.917. The van der Waals surface area contributed by atoms with Crippen LogP contribution >= 0.6 is 0 Å². The Morgan fingerprint density at radius 2 is 2.13 bits per heavy atom. The highest BCUT2D eigenvalue weighted by molar-refractivity contribution is 4.97. The van der Waals surface area contributed by atoms with Crippen LogP contribution in [0, 0.1) is 11.3 Å². The van der Waals surface area contributed by atoms with Crippen molar-refractivity contribution < 1.29 is 0 Å². The van der Waals surface area contributed by atoms with Crippen molar-refractivity contribution in [2.45, 2.75) is 58.2 Å². The zero-order valence-corrected chi connectivity index (χ0v) is 10.2. The summed E-state index contributed by atoms with van der Waals surface area (Å²) in [6, 6.07) is 3.56. The van der Waals surface area contributed by atoms with Gasteiger partial charge in [-0.3, -0.25) is 10.2 Å². The Balaban J connectivity index is 2.36. The second kappa shape index (κ2) is 6.09. The molecule has 1 fully saturated rings. The van der Waals surface area contributed by atoms with Crippen LogP contribution in [-0.4, -0.2) is 36.1 Å². The summed E-state index contributed by atoms with van der Waals surface area (Å²) in [6.07, 6.45) is 3.64. The van der Waals surface area contributed by atoms with Crippen molar-refractivity contribution in [3.05, 3.63) is 0 Å². The van der Waals surface area contributed by atoms with Gasteiger partial charge < -0.3 is 0 Å². The summed E-state index contributed by atoms with van der Waals surface area (Å²) >= 11 is 0. The lowest BCUT2D eigenvalue weighted by atomic mass is 10.2. The van der Waals surface area contributed by atoms with E-state index in [-0.39, 0.29) is 6.04 Å². The average Bonchev–Trinajstić information content (AvgIpc) is 3.06. The summed E-state index contributed by atoms with van der Waals surface area (Å²) in [6.45, 7) is 8.48. The molecule has 2 unspecified atom stereocenters. The Hall–Kier alpha value is -0.590. The molecule has 1 N–H and O–H groups in total. The molecule has 0 aromatic rings. The SMILES string of the molecule is CCC(C)N(CC)CC(C#N)NC1CC1. The predicted molar refractivity (Wildman–Crippen MR) is 62.6 cm³/mol. The molecular weight excluding hydrogens is 186 g/mol. The van der Waals surface area contributed by atoms with E-state index in [0.29, 0.717) is 12.1 Å². The van der Waals surface area contributed by atoms with Gasteiger partial charge in [0, 0.05) is 18.6 Å². The molecule has 0 aromatic heterocycles. The van der Waals surface area contributed by atoms with Crippen molar-refractivity contribution in [3.8, 4) is 6.07 Å². The lowest BCUT2D eigenvalue weighted by Crippen LogP contribution is -2.44. The van der Waals surface area contributed by atoms with Crippen molar-refractivity contribution in [1.82, 2.24) is 10.2 Å². The molecule has 3 heteroatoms. The van der Waals surface area contributed by atoms with Gasteiger partial charge in [-0.15, -0.1) is 0 Å². The van der Waals surface area contributed by atoms with E-state index in [9.17, 15) is 0 Å². The third-order valence-electron chi connectivity index (χ3n) is 3.21. The molecule has 0 amide bonds. The second-order valence-corrected chi connectivity index (χ2v) is 4.47. The van der Waals surface area contributed by atoms with Crippen molar-refractivity contribution in [1.29, 1.82) is 5.26 Å². The molecule has 0 heterocycles. The average molecular weight is 209 g/mol. The normalized spacial score (nSPS) is 19.9. The topological polar surface area (TPSA) is 39.1 Å². The lowest BCUT2D eigenvalue weighted by Gasteiger charge is -2.29. The first kappa shape index (κ1) is 12.5. The molecule has 0 aliphatic heterocycles. The molecule has 0 aromatic carbocycles. The van der Waals surface area contributed by atoms with Crippen LogP contribution in [-0.2, 0) is 0 Å². The minimum absolute atomic E-state index is 0.00597. The predicted octanol–water partition coefficient (Wildman–Crippen LogP) is 1.75. The van der Waals surface area contributed by atoms with Crippen LogP contribution in [0.3, 0.4) is 0 Å². The van der Waals surface area contributed by atoms with Crippen molar-refractivity contribution in [3.63, 3.8) is 0 Å². The number of hydrogen-bond donors (Lipinski definition) is 1. The van der Waals surface area contributed by atoms with Crippen LogP contribution in [0.2, 0.25) is 0 Å². The molecule has 86 valence electrons. The summed E-state index contributed by atoms with van der Waals surface area (Å²) in [4.78, 5) is 2.38. The number of rotatable bonds is 7. The van der Waals surface area contributed by atoms with Gasteiger partial charge in [-0.2, -0.15) is 5.26 Å².